The molecular weight excluding hydrogens is 206 g/mol. The van der Waals surface area contributed by atoms with Crippen LogP contribution in [-0.4, -0.2) is 15.4 Å². The minimum atomic E-state index is 0.403. The summed E-state index contributed by atoms with van der Waals surface area (Å²) in [6, 6.07) is 1.13. The fourth-order valence-corrected chi connectivity index (χ4v) is 2.78. The van der Waals surface area contributed by atoms with Crippen LogP contribution in [0.25, 0.3) is 4.96 Å². The van der Waals surface area contributed by atoms with Gasteiger partial charge in [-0.1, -0.05) is 6.42 Å². The summed E-state index contributed by atoms with van der Waals surface area (Å²) in [6.45, 7) is 2.22. The molecule has 3 rings (SSSR count). The molecular formula is C11H15N3S. The van der Waals surface area contributed by atoms with Crippen molar-refractivity contribution in [3.63, 3.8) is 0 Å². The number of hydrogen-bond donors (Lipinski definition) is 1. The Hall–Kier alpha value is -0.870. The molecule has 0 amide bonds. The first kappa shape index (κ1) is 9.36. The molecule has 0 bridgehead atoms. The van der Waals surface area contributed by atoms with E-state index >= 15 is 0 Å². The smallest absolute Gasteiger partial charge is 0.193 e. The number of aromatic nitrogens is 2. The molecule has 0 saturated heterocycles. The van der Waals surface area contributed by atoms with Crippen molar-refractivity contribution < 1.29 is 0 Å². The molecule has 80 valence electrons. The predicted molar refractivity (Wildman–Crippen MR) is 62.3 cm³/mol. The van der Waals surface area contributed by atoms with Gasteiger partial charge in [0.1, 0.15) is 0 Å². The SMILES string of the molecule is CC(NC1CCC1)c1cnc2sccn12. The highest BCUT2D eigenvalue weighted by Crippen LogP contribution is 2.24. The Kier molecular flexibility index (Phi) is 2.25. The van der Waals surface area contributed by atoms with Gasteiger partial charge in [-0.25, -0.2) is 4.98 Å². The average Bonchev–Trinajstić information content (AvgIpc) is 2.71. The molecule has 2 aromatic rings. The average molecular weight is 221 g/mol. The number of imidazole rings is 1. The Morgan fingerprint density at radius 3 is 3.20 bits per heavy atom. The number of nitrogens with zero attached hydrogens (tertiary/aromatic N) is 2. The van der Waals surface area contributed by atoms with E-state index in [0.717, 1.165) is 11.0 Å². The molecule has 2 aromatic heterocycles. The lowest BCUT2D eigenvalue weighted by Gasteiger charge is -2.29. The lowest BCUT2D eigenvalue weighted by Crippen LogP contribution is -2.37. The topological polar surface area (TPSA) is 29.3 Å². The summed E-state index contributed by atoms with van der Waals surface area (Å²) in [4.78, 5) is 5.48. The first-order valence-corrected chi connectivity index (χ1v) is 6.39. The minimum Gasteiger partial charge on any atom is -0.306 e. The molecule has 1 aliphatic carbocycles. The van der Waals surface area contributed by atoms with Crippen molar-refractivity contribution in [1.82, 2.24) is 14.7 Å². The quantitative estimate of drug-likeness (QED) is 0.863. The van der Waals surface area contributed by atoms with Crippen molar-refractivity contribution in [2.45, 2.75) is 38.3 Å². The standard InChI is InChI=1S/C11H15N3S/c1-8(13-9-3-2-4-9)10-7-12-11-14(10)5-6-15-11/h5-9,13H,2-4H2,1H3. The molecule has 1 fully saturated rings. The summed E-state index contributed by atoms with van der Waals surface area (Å²) in [7, 11) is 0. The first-order chi connectivity index (χ1) is 7.34. The van der Waals surface area contributed by atoms with Gasteiger partial charge in [0.25, 0.3) is 0 Å². The zero-order valence-electron chi connectivity index (χ0n) is 8.81. The van der Waals surface area contributed by atoms with E-state index in [1.165, 1.54) is 25.0 Å². The fourth-order valence-electron chi connectivity index (χ4n) is 2.08. The molecule has 1 saturated carbocycles. The second-order valence-electron chi connectivity index (χ2n) is 4.25. The number of rotatable bonds is 3. The summed E-state index contributed by atoms with van der Waals surface area (Å²) >= 11 is 1.69. The van der Waals surface area contributed by atoms with Crippen LogP contribution >= 0.6 is 11.3 Å². The van der Waals surface area contributed by atoms with Crippen molar-refractivity contribution in [3.8, 4) is 0 Å². The van der Waals surface area contributed by atoms with Crippen LogP contribution in [0.1, 0.15) is 37.9 Å². The third-order valence-electron chi connectivity index (χ3n) is 3.21. The van der Waals surface area contributed by atoms with E-state index in [-0.39, 0.29) is 0 Å². The summed E-state index contributed by atoms with van der Waals surface area (Å²) in [6.07, 6.45) is 8.12. The molecule has 0 aromatic carbocycles. The monoisotopic (exact) mass is 221 g/mol. The van der Waals surface area contributed by atoms with Gasteiger partial charge in [0.2, 0.25) is 0 Å². The van der Waals surface area contributed by atoms with Crippen LogP contribution in [-0.2, 0) is 0 Å². The van der Waals surface area contributed by atoms with E-state index in [0.29, 0.717) is 6.04 Å². The maximum atomic E-state index is 4.39. The van der Waals surface area contributed by atoms with Crippen LogP contribution in [0.5, 0.6) is 0 Å². The Balaban J connectivity index is 1.82. The van der Waals surface area contributed by atoms with E-state index in [2.05, 4.69) is 33.2 Å². The van der Waals surface area contributed by atoms with Crippen molar-refractivity contribution in [3.05, 3.63) is 23.5 Å². The van der Waals surface area contributed by atoms with Crippen LogP contribution in [0.3, 0.4) is 0 Å². The number of fused-ring (bicyclic) bond motifs is 1. The van der Waals surface area contributed by atoms with Crippen molar-refractivity contribution in [1.29, 1.82) is 0 Å². The van der Waals surface area contributed by atoms with Gasteiger partial charge in [0.05, 0.1) is 11.9 Å². The van der Waals surface area contributed by atoms with Gasteiger partial charge >= 0.3 is 0 Å². The van der Waals surface area contributed by atoms with Crippen LogP contribution < -0.4 is 5.32 Å². The lowest BCUT2D eigenvalue weighted by atomic mass is 9.92. The van der Waals surface area contributed by atoms with Crippen molar-refractivity contribution in [2.24, 2.45) is 0 Å². The van der Waals surface area contributed by atoms with Crippen LogP contribution in [0.2, 0.25) is 0 Å². The van der Waals surface area contributed by atoms with Crippen molar-refractivity contribution in [2.75, 3.05) is 0 Å². The minimum absolute atomic E-state index is 0.403. The number of hydrogen-bond acceptors (Lipinski definition) is 3. The van der Waals surface area contributed by atoms with E-state index in [4.69, 9.17) is 0 Å². The second kappa shape index (κ2) is 3.61. The van der Waals surface area contributed by atoms with E-state index in [1.807, 2.05) is 6.20 Å². The van der Waals surface area contributed by atoms with Crippen LogP contribution in [0.4, 0.5) is 0 Å². The fraction of sp³-hybridized carbons (Fsp3) is 0.545. The van der Waals surface area contributed by atoms with Crippen LogP contribution in [0, 0.1) is 0 Å². The van der Waals surface area contributed by atoms with Crippen molar-refractivity contribution >= 4 is 16.3 Å². The molecule has 0 radical (unpaired) electrons. The highest BCUT2D eigenvalue weighted by molar-refractivity contribution is 7.15. The molecule has 4 heteroatoms. The second-order valence-corrected chi connectivity index (χ2v) is 5.13. The van der Waals surface area contributed by atoms with E-state index in [9.17, 15) is 0 Å². The third-order valence-corrected chi connectivity index (χ3v) is 3.98. The molecule has 3 nitrogen and oxygen atoms in total. The third kappa shape index (κ3) is 1.58. The molecule has 1 atom stereocenters. The lowest BCUT2D eigenvalue weighted by molar-refractivity contribution is 0.310. The number of thiazole rings is 1. The molecule has 15 heavy (non-hydrogen) atoms. The molecule has 2 heterocycles. The highest BCUT2D eigenvalue weighted by Gasteiger charge is 2.21. The summed E-state index contributed by atoms with van der Waals surface area (Å²) in [5.74, 6) is 0. The van der Waals surface area contributed by atoms with Gasteiger partial charge in [-0.15, -0.1) is 11.3 Å². The molecule has 1 N–H and O–H groups in total. The van der Waals surface area contributed by atoms with Crippen LogP contribution in [0.15, 0.2) is 17.8 Å². The summed E-state index contributed by atoms with van der Waals surface area (Å²) in [5.41, 5.74) is 1.28. The van der Waals surface area contributed by atoms with E-state index < -0.39 is 0 Å². The van der Waals surface area contributed by atoms with Gasteiger partial charge in [-0.3, -0.25) is 4.40 Å². The zero-order chi connectivity index (χ0) is 10.3. The predicted octanol–water partition coefficient (Wildman–Crippen LogP) is 2.60. The van der Waals surface area contributed by atoms with Gasteiger partial charge in [-0.2, -0.15) is 0 Å². The maximum absolute atomic E-state index is 4.39. The van der Waals surface area contributed by atoms with Gasteiger partial charge in [0, 0.05) is 23.7 Å². The first-order valence-electron chi connectivity index (χ1n) is 5.51. The Morgan fingerprint density at radius 1 is 1.60 bits per heavy atom. The highest BCUT2D eigenvalue weighted by atomic mass is 32.1. The summed E-state index contributed by atoms with van der Waals surface area (Å²) in [5, 5.41) is 5.73. The molecule has 0 aliphatic heterocycles. The normalized spacial score (nSPS) is 19.3. The molecule has 1 unspecified atom stereocenters. The molecule has 1 aliphatic rings. The van der Waals surface area contributed by atoms with Gasteiger partial charge in [0.15, 0.2) is 4.96 Å². The Morgan fingerprint density at radius 2 is 2.47 bits per heavy atom. The summed E-state index contributed by atoms with van der Waals surface area (Å²) < 4.78 is 2.18. The Bertz CT molecular complexity index is 455. The molecule has 0 spiro atoms. The van der Waals surface area contributed by atoms with E-state index in [1.54, 1.807) is 11.3 Å². The Labute approximate surface area is 93.1 Å². The largest absolute Gasteiger partial charge is 0.306 e. The van der Waals surface area contributed by atoms with Gasteiger partial charge < -0.3 is 5.32 Å². The zero-order valence-corrected chi connectivity index (χ0v) is 9.63. The van der Waals surface area contributed by atoms with Gasteiger partial charge in [-0.05, 0) is 19.8 Å². The number of nitrogens with one attached hydrogen (secondary N) is 1. The maximum Gasteiger partial charge on any atom is 0.193 e.